The summed E-state index contributed by atoms with van der Waals surface area (Å²) < 4.78 is 26.8. The van der Waals surface area contributed by atoms with E-state index in [2.05, 4.69) is 17.0 Å². The van der Waals surface area contributed by atoms with Crippen LogP contribution in [0.25, 0.3) is 5.57 Å². The van der Waals surface area contributed by atoms with E-state index in [9.17, 15) is 18.0 Å². The maximum atomic E-state index is 13.2. The van der Waals surface area contributed by atoms with E-state index in [0.717, 1.165) is 36.8 Å². The zero-order chi connectivity index (χ0) is 21.5. The summed E-state index contributed by atoms with van der Waals surface area (Å²) in [5.74, 6) is -0.954. The summed E-state index contributed by atoms with van der Waals surface area (Å²) in [6.45, 7) is 4.04. The van der Waals surface area contributed by atoms with Gasteiger partial charge < -0.3 is 5.32 Å². The molecule has 0 saturated heterocycles. The van der Waals surface area contributed by atoms with Crippen LogP contribution >= 0.6 is 0 Å². The molecule has 0 bridgehead atoms. The van der Waals surface area contributed by atoms with Gasteiger partial charge >= 0.3 is 0 Å². The molecule has 30 heavy (non-hydrogen) atoms. The molecule has 0 radical (unpaired) electrons. The van der Waals surface area contributed by atoms with Gasteiger partial charge in [0.05, 0.1) is 5.25 Å². The van der Waals surface area contributed by atoms with Crippen molar-refractivity contribution in [2.24, 2.45) is 5.92 Å². The van der Waals surface area contributed by atoms with Crippen molar-refractivity contribution in [3.63, 3.8) is 0 Å². The maximum Gasteiger partial charge on any atom is 0.270 e. The average molecular weight is 431 g/mol. The second-order valence-corrected chi connectivity index (χ2v) is 11.2. The van der Waals surface area contributed by atoms with Crippen molar-refractivity contribution in [1.82, 2.24) is 10.0 Å². The largest absolute Gasteiger partial charge is 0.346 e. The fourth-order valence-corrected chi connectivity index (χ4v) is 6.11. The number of amides is 2. The molecule has 2 saturated carbocycles. The van der Waals surface area contributed by atoms with Crippen LogP contribution in [0.5, 0.6) is 0 Å². The predicted octanol–water partition coefficient (Wildman–Crippen LogP) is 3.22. The van der Waals surface area contributed by atoms with Crippen LogP contribution in [0.2, 0.25) is 0 Å². The first kappa shape index (κ1) is 21.1. The topological polar surface area (TPSA) is 92.3 Å². The summed E-state index contributed by atoms with van der Waals surface area (Å²) in [4.78, 5) is 26.2. The molecule has 2 N–H and O–H groups in total. The average Bonchev–Trinajstić information content (AvgIpc) is 3.54. The minimum absolute atomic E-state index is 0.0728. The number of benzene rings is 1. The van der Waals surface area contributed by atoms with Crippen LogP contribution in [0.4, 0.5) is 0 Å². The fraction of sp³-hybridized carbons (Fsp3) is 0.565. The first-order valence-electron chi connectivity index (χ1n) is 10.9. The summed E-state index contributed by atoms with van der Waals surface area (Å²) in [6.07, 6.45) is 7.23. The Kier molecular flexibility index (Phi) is 5.51. The number of nitrogens with one attached hydrogen (secondary N) is 2. The van der Waals surface area contributed by atoms with Crippen LogP contribution < -0.4 is 10.0 Å². The Balaban J connectivity index is 1.73. The van der Waals surface area contributed by atoms with Crippen LogP contribution in [0.15, 0.2) is 29.8 Å². The van der Waals surface area contributed by atoms with Crippen molar-refractivity contribution >= 4 is 27.4 Å². The lowest BCUT2D eigenvalue weighted by molar-refractivity contribution is -0.124. The summed E-state index contributed by atoms with van der Waals surface area (Å²) in [5, 5.41) is 2.56. The van der Waals surface area contributed by atoms with Crippen molar-refractivity contribution in [3.8, 4) is 0 Å². The lowest BCUT2D eigenvalue weighted by atomic mass is 9.69. The molecule has 3 aliphatic rings. The predicted molar refractivity (Wildman–Crippen MR) is 116 cm³/mol. The summed E-state index contributed by atoms with van der Waals surface area (Å²) in [6, 6.07) is 7.72. The highest BCUT2D eigenvalue weighted by Crippen LogP contribution is 2.42. The molecule has 162 valence electrons. The van der Waals surface area contributed by atoms with Crippen molar-refractivity contribution < 1.29 is 18.0 Å². The van der Waals surface area contributed by atoms with Crippen LogP contribution in [0.1, 0.15) is 69.4 Å². The fourth-order valence-electron chi connectivity index (χ4n) is 4.83. The van der Waals surface area contributed by atoms with Gasteiger partial charge in [0.15, 0.2) is 0 Å². The molecule has 2 aliphatic carbocycles. The van der Waals surface area contributed by atoms with E-state index in [4.69, 9.17) is 0 Å². The Morgan fingerprint density at radius 1 is 1.07 bits per heavy atom. The highest BCUT2D eigenvalue weighted by molar-refractivity contribution is 7.91. The quantitative estimate of drug-likeness (QED) is 0.702. The first-order chi connectivity index (χ1) is 14.2. The van der Waals surface area contributed by atoms with Gasteiger partial charge in [0.1, 0.15) is 5.57 Å². The van der Waals surface area contributed by atoms with Gasteiger partial charge in [-0.2, -0.15) is 0 Å². The summed E-state index contributed by atoms with van der Waals surface area (Å²) >= 11 is 0. The van der Waals surface area contributed by atoms with Gasteiger partial charge in [0.2, 0.25) is 10.0 Å². The molecule has 7 heteroatoms. The lowest BCUT2D eigenvalue weighted by Gasteiger charge is -2.44. The Labute approximate surface area is 178 Å². The zero-order valence-electron chi connectivity index (χ0n) is 17.7. The van der Waals surface area contributed by atoms with Gasteiger partial charge in [0.25, 0.3) is 11.8 Å². The molecular formula is C23H30N2O4S. The van der Waals surface area contributed by atoms with E-state index in [1.54, 1.807) is 0 Å². The molecule has 6 nitrogen and oxygen atoms in total. The molecule has 1 heterocycles. The number of carbonyl (C=O) groups excluding carboxylic acids is 2. The summed E-state index contributed by atoms with van der Waals surface area (Å²) in [5.41, 5.74) is 1.99. The van der Waals surface area contributed by atoms with E-state index >= 15 is 0 Å². The monoisotopic (exact) mass is 430 g/mol. The zero-order valence-corrected chi connectivity index (χ0v) is 18.5. The Morgan fingerprint density at radius 3 is 2.30 bits per heavy atom. The van der Waals surface area contributed by atoms with Crippen LogP contribution in [0, 0.1) is 12.8 Å². The van der Waals surface area contributed by atoms with Crippen molar-refractivity contribution in [3.05, 3.63) is 41.0 Å². The third-order valence-corrected chi connectivity index (χ3v) is 8.62. The van der Waals surface area contributed by atoms with E-state index in [0.29, 0.717) is 30.8 Å². The van der Waals surface area contributed by atoms with Crippen molar-refractivity contribution in [2.45, 2.75) is 76.0 Å². The van der Waals surface area contributed by atoms with Gasteiger partial charge in [-0.15, -0.1) is 0 Å². The number of sulfonamides is 1. The molecule has 2 fully saturated rings. The third-order valence-electron chi connectivity index (χ3n) is 6.80. The molecule has 0 unspecified atom stereocenters. The highest BCUT2D eigenvalue weighted by Gasteiger charge is 2.45. The van der Waals surface area contributed by atoms with Gasteiger partial charge in [-0.05, 0) is 63.0 Å². The van der Waals surface area contributed by atoms with Crippen LogP contribution in [0.3, 0.4) is 0 Å². The smallest absolute Gasteiger partial charge is 0.270 e. The second-order valence-electron chi connectivity index (χ2n) is 9.28. The molecule has 4 rings (SSSR count). The van der Waals surface area contributed by atoms with Gasteiger partial charge in [0, 0.05) is 5.54 Å². The molecule has 0 spiro atoms. The lowest BCUT2D eigenvalue weighted by Crippen LogP contribution is -2.56. The molecule has 2 amide bonds. The molecular weight excluding hydrogens is 400 g/mol. The Hall–Kier alpha value is -2.15. The second kappa shape index (κ2) is 7.84. The molecule has 0 aromatic heterocycles. The molecule has 1 aromatic rings. The number of carbonyl (C=O) groups is 2. The van der Waals surface area contributed by atoms with E-state index < -0.39 is 32.6 Å². The van der Waals surface area contributed by atoms with Crippen molar-refractivity contribution in [2.75, 3.05) is 0 Å². The number of rotatable bonds is 5. The van der Waals surface area contributed by atoms with Crippen LogP contribution in [-0.2, 0) is 19.6 Å². The standard InChI is InChI=1S/C23H30N2O4S/c1-15-8-10-16(11-9-15)19-14-23(2,17-6-4-3-5-7-17)24-21(26)20(19)22(27)25-30(28,29)18-12-13-18/h8-11,17-18H,3-7,12-14H2,1-2H3,(H,24,26)(H,25,27)/t23-/m0/s1. The Morgan fingerprint density at radius 2 is 1.70 bits per heavy atom. The van der Waals surface area contributed by atoms with E-state index in [-0.39, 0.29) is 5.57 Å². The SMILES string of the molecule is Cc1ccc(C2=C(C(=O)NS(=O)(=O)C3CC3)C(=O)N[C@](C)(C3CCCCC3)C2)cc1. The first-order valence-corrected chi connectivity index (χ1v) is 12.4. The molecule has 1 aromatic carbocycles. The summed E-state index contributed by atoms with van der Waals surface area (Å²) in [7, 11) is -3.73. The maximum absolute atomic E-state index is 13.2. The minimum Gasteiger partial charge on any atom is -0.346 e. The number of hydrogen-bond donors (Lipinski definition) is 2. The molecule has 1 atom stereocenters. The van der Waals surface area contributed by atoms with Crippen LogP contribution in [-0.4, -0.2) is 31.0 Å². The minimum atomic E-state index is -3.73. The number of aryl methyl sites for hydroxylation is 1. The molecule has 1 aliphatic heterocycles. The van der Waals surface area contributed by atoms with Gasteiger partial charge in [-0.1, -0.05) is 49.1 Å². The Bertz CT molecular complexity index is 987. The van der Waals surface area contributed by atoms with Crippen molar-refractivity contribution in [1.29, 1.82) is 0 Å². The van der Waals surface area contributed by atoms with Gasteiger partial charge in [-0.25, -0.2) is 13.1 Å². The highest BCUT2D eigenvalue weighted by atomic mass is 32.2. The van der Waals surface area contributed by atoms with E-state index in [1.165, 1.54) is 6.42 Å². The number of hydrogen-bond acceptors (Lipinski definition) is 4. The third kappa shape index (κ3) is 4.17. The normalized spacial score (nSPS) is 25.7. The van der Waals surface area contributed by atoms with E-state index in [1.807, 2.05) is 31.2 Å². The van der Waals surface area contributed by atoms with Gasteiger partial charge in [-0.3, -0.25) is 9.59 Å².